The second kappa shape index (κ2) is 11.6. The Morgan fingerprint density at radius 2 is 1.86 bits per heavy atom. The zero-order chi connectivity index (χ0) is 29.4. The van der Waals surface area contributed by atoms with Gasteiger partial charge in [0.15, 0.2) is 17.2 Å². The topological polar surface area (TPSA) is 107 Å². The first-order valence-corrected chi connectivity index (χ1v) is 14.7. The summed E-state index contributed by atoms with van der Waals surface area (Å²) < 4.78 is 36.0. The van der Waals surface area contributed by atoms with Crippen LogP contribution in [0.1, 0.15) is 51.0 Å². The summed E-state index contributed by atoms with van der Waals surface area (Å²) in [7, 11) is 1.94. The largest absolute Gasteiger partial charge is 0.481 e. The molecule has 1 aliphatic heterocycles. The summed E-state index contributed by atoms with van der Waals surface area (Å²) >= 11 is 0. The van der Waals surface area contributed by atoms with Crippen LogP contribution in [0, 0.1) is 11.7 Å². The van der Waals surface area contributed by atoms with Crippen molar-refractivity contribution in [3.8, 4) is 11.5 Å². The van der Waals surface area contributed by atoms with E-state index in [1.165, 1.54) is 0 Å². The first-order chi connectivity index (χ1) is 20.2. The third-order valence-corrected chi connectivity index (χ3v) is 8.68. The molecule has 2 aliphatic rings. The molecule has 0 spiro atoms. The van der Waals surface area contributed by atoms with Crippen LogP contribution < -0.4 is 0 Å². The van der Waals surface area contributed by atoms with Crippen molar-refractivity contribution in [1.29, 1.82) is 0 Å². The van der Waals surface area contributed by atoms with Crippen molar-refractivity contribution < 1.29 is 33.0 Å². The van der Waals surface area contributed by atoms with Gasteiger partial charge < -0.3 is 23.6 Å². The van der Waals surface area contributed by atoms with Gasteiger partial charge in [0.25, 0.3) is 0 Å². The molecule has 4 aromatic rings. The lowest BCUT2D eigenvalue weighted by Gasteiger charge is -2.41. The van der Waals surface area contributed by atoms with E-state index in [1.54, 1.807) is 12.1 Å². The highest BCUT2D eigenvalue weighted by molar-refractivity contribution is 5.95. The van der Waals surface area contributed by atoms with Gasteiger partial charge in [-0.05, 0) is 56.2 Å². The number of Topliss-reactive ketones (excluding diaryl/α,β-unsaturated/α-hetero) is 1. The maximum absolute atomic E-state index is 15.6. The number of ether oxygens (including phenoxy) is 2. The zero-order valence-corrected chi connectivity index (χ0v) is 24.0. The molecular weight excluding hydrogens is 541 g/mol. The maximum Gasteiger partial charge on any atom is 0.306 e. The predicted molar refractivity (Wildman–Crippen MR) is 154 cm³/mol. The molecule has 1 aliphatic carbocycles. The molecule has 6 rings (SSSR count). The van der Waals surface area contributed by atoms with E-state index >= 15 is 4.39 Å². The Morgan fingerprint density at radius 3 is 2.60 bits per heavy atom. The first kappa shape index (κ1) is 28.5. The van der Waals surface area contributed by atoms with Crippen LogP contribution in [-0.2, 0) is 32.5 Å². The van der Waals surface area contributed by atoms with Crippen LogP contribution in [0.25, 0.3) is 33.5 Å². The highest BCUT2D eigenvalue weighted by Gasteiger charge is 2.40. The van der Waals surface area contributed by atoms with Gasteiger partial charge in [-0.15, -0.1) is 0 Å². The van der Waals surface area contributed by atoms with E-state index < -0.39 is 17.7 Å². The minimum atomic E-state index is -1.12. The fourth-order valence-electron chi connectivity index (χ4n) is 6.30. The predicted octanol–water partition coefficient (Wildman–Crippen LogP) is 5.68. The molecule has 1 N–H and O–H groups in total. The van der Waals surface area contributed by atoms with Crippen molar-refractivity contribution in [2.24, 2.45) is 13.0 Å². The lowest BCUT2D eigenvalue weighted by Crippen LogP contribution is -2.52. The number of carbonyl (C=O) groups is 2. The number of aromatic nitrogens is 2. The number of carboxylic acid groups (broad SMARTS) is 1. The van der Waals surface area contributed by atoms with Gasteiger partial charge in [0.1, 0.15) is 12.1 Å². The van der Waals surface area contributed by atoms with Gasteiger partial charge >= 0.3 is 5.97 Å². The molecule has 2 aromatic carbocycles. The van der Waals surface area contributed by atoms with Gasteiger partial charge in [0.2, 0.25) is 11.8 Å². The van der Waals surface area contributed by atoms with Crippen LogP contribution in [0.5, 0.6) is 0 Å². The molecular formula is C32H36FN3O6. The number of carboxylic acids is 1. The van der Waals surface area contributed by atoms with Crippen LogP contribution in [0.4, 0.5) is 4.39 Å². The van der Waals surface area contributed by atoms with Crippen LogP contribution in [-0.4, -0.2) is 63.0 Å². The van der Waals surface area contributed by atoms with Crippen molar-refractivity contribution in [2.45, 2.75) is 63.9 Å². The third kappa shape index (κ3) is 5.58. The Hall–Kier alpha value is -3.60. The Labute approximate surface area is 243 Å². The second-order valence-corrected chi connectivity index (χ2v) is 11.6. The van der Waals surface area contributed by atoms with Crippen molar-refractivity contribution >= 4 is 33.8 Å². The smallest absolute Gasteiger partial charge is 0.306 e. The number of ketones is 1. The molecule has 42 heavy (non-hydrogen) atoms. The summed E-state index contributed by atoms with van der Waals surface area (Å²) in [5.74, 6) is -2.79. The van der Waals surface area contributed by atoms with Gasteiger partial charge in [-0.1, -0.05) is 24.3 Å². The highest BCUT2D eigenvalue weighted by atomic mass is 19.1. The molecule has 222 valence electrons. The number of rotatable bonds is 10. The summed E-state index contributed by atoms with van der Waals surface area (Å²) in [5.41, 5.74) is 2.40. The van der Waals surface area contributed by atoms with E-state index in [0.29, 0.717) is 37.1 Å². The quantitative estimate of drug-likeness (QED) is 0.240. The van der Waals surface area contributed by atoms with Crippen LogP contribution in [0.15, 0.2) is 47.0 Å². The fraction of sp³-hybridized carbons (Fsp3) is 0.469. The van der Waals surface area contributed by atoms with E-state index in [-0.39, 0.29) is 42.0 Å². The molecule has 0 amide bonds. The van der Waals surface area contributed by atoms with Crippen LogP contribution in [0.3, 0.4) is 0 Å². The molecule has 1 unspecified atom stereocenters. The second-order valence-electron chi connectivity index (χ2n) is 11.6. The number of fused-ring (bicyclic) bond motifs is 2. The van der Waals surface area contributed by atoms with Crippen molar-refractivity contribution in [3.63, 3.8) is 0 Å². The summed E-state index contributed by atoms with van der Waals surface area (Å²) in [6.45, 7) is 3.15. The molecule has 1 atom stereocenters. The summed E-state index contributed by atoms with van der Waals surface area (Å²) in [5, 5.41) is 10.3. The Morgan fingerprint density at radius 1 is 1.12 bits per heavy atom. The fourth-order valence-corrected chi connectivity index (χ4v) is 6.30. The molecule has 0 bridgehead atoms. The third-order valence-electron chi connectivity index (χ3n) is 8.68. The maximum atomic E-state index is 15.6. The Balaban J connectivity index is 1.15. The number of benzene rings is 2. The number of halogens is 1. The van der Waals surface area contributed by atoms with E-state index in [0.717, 1.165) is 42.4 Å². The van der Waals surface area contributed by atoms with Gasteiger partial charge in [-0.2, -0.15) is 0 Å². The average Bonchev–Trinajstić information content (AvgIpc) is 3.74. The summed E-state index contributed by atoms with van der Waals surface area (Å²) in [4.78, 5) is 31.0. The minimum absolute atomic E-state index is 0.0198. The first-order valence-electron chi connectivity index (χ1n) is 14.7. The van der Waals surface area contributed by atoms with Crippen LogP contribution >= 0.6 is 0 Å². The number of para-hydroxylation sites is 1. The Bertz CT molecular complexity index is 1620. The summed E-state index contributed by atoms with van der Waals surface area (Å²) in [6.07, 6.45) is 5.97. The van der Waals surface area contributed by atoms with Crippen LogP contribution in [0.2, 0.25) is 0 Å². The van der Waals surface area contributed by atoms with Gasteiger partial charge in [0, 0.05) is 50.6 Å². The molecule has 9 nitrogen and oxygen atoms in total. The number of aliphatic carboxylic acids is 1. The zero-order valence-electron chi connectivity index (χ0n) is 24.0. The molecule has 2 fully saturated rings. The summed E-state index contributed by atoms with van der Waals surface area (Å²) in [6, 6.07) is 11.1. The molecule has 1 saturated heterocycles. The number of nitrogens with zero attached hydrogens (tertiary/aromatic N) is 3. The number of likely N-dealkylation sites (tertiary alicyclic amines) is 1. The number of aryl methyl sites for hydroxylation is 1. The van der Waals surface area contributed by atoms with E-state index in [4.69, 9.17) is 13.9 Å². The molecule has 10 heteroatoms. The van der Waals surface area contributed by atoms with Crippen molar-refractivity contribution in [3.05, 3.63) is 54.0 Å². The average molecular weight is 578 g/mol. The number of oxazole rings is 1. The number of hydrogen-bond donors (Lipinski definition) is 1. The lowest BCUT2D eigenvalue weighted by atomic mass is 9.87. The van der Waals surface area contributed by atoms with E-state index in [9.17, 15) is 14.7 Å². The van der Waals surface area contributed by atoms with Crippen molar-refractivity contribution in [2.75, 3.05) is 19.7 Å². The Kier molecular flexibility index (Phi) is 7.87. The number of carbonyl (C=O) groups excluding carboxylic acids is 1. The SMILES string of the molecule is Cn1cc(-c2nc3ccc(CC(=O)COC(C)(O[C@H]4CC[C@H](C(=O)O)CC4)N4CCCC4)c(F)c3o2)c2ccccc21. The van der Waals surface area contributed by atoms with E-state index in [2.05, 4.69) is 9.88 Å². The van der Waals surface area contributed by atoms with Crippen molar-refractivity contribution in [1.82, 2.24) is 14.5 Å². The number of hydrogen-bond acceptors (Lipinski definition) is 7. The normalized spacial score (nSPS) is 21.2. The molecule has 1 saturated carbocycles. The van der Waals surface area contributed by atoms with Gasteiger partial charge in [-0.3, -0.25) is 14.5 Å². The highest BCUT2D eigenvalue weighted by Crippen LogP contribution is 2.35. The van der Waals surface area contributed by atoms with Gasteiger partial charge in [0.05, 0.1) is 17.6 Å². The molecule has 2 aromatic heterocycles. The lowest BCUT2D eigenvalue weighted by molar-refractivity contribution is -0.320. The molecule has 0 radical (unpaired) electrons. The minimum Gasteiger partial charge on any atom is -0.481 e. The van der Waals surface area contributed by atoms with E-state index in [1.807, 2.05) is 49.0 Å². The van der Waals surface area contributed by atoms with Gasteiger partial charge in [-0.25, -0.2) is 9.37 Å². The standard InChI is InChI=1S/C32H36FN3O6/c1-32(36-15-5-6-16-36,42-23-12-9-20(10-13-23)31(38)39)40-19-22(37)17-21-11-14-26-29(28(21)33)41-30(34-26)25-18-35(2)27-8-4-3-7-24(25)27/h3-4,7-8,11,14,18,20,23H,5-6,9-10,12-13,15-17,19H2,1-2H3,(H,38,39)/t20-,23-,32?. The molecule has 3 heterocycles. The monoisotopic (exact) mass is 577 g/mol.